The van der Waals surface area contributed by atoms with E-state index >= 15 is 4.39 Å². The van der Waals surface area contributed by atoms with Gasteiger partial charge in [-0.3, -0.25) is 9.13 Å². The molecule has 2 atom stereocenters. The number of ether oxygens (including phenoxy) is 1. The molecule has 1 N–H and O–H groups in total. The van der Waals surface area contributed by atoms with Crippen LogP contribution in [0.4, 0.5) is 26.3 Å². The van der Waals surface area contributed by atoms with Gasteiger partial charge in [0, 0.05) is 36.2 Å². The summed E-state index contributed by atoms with van der Waals surface area (Å²) in [7, 11) is -2.69. The van der Waals surface area contributed by atoms with Gasteiger partial charge in [0.15, 0.2) is 8.32 Å². The third kappa shape index (κ3) is 6.76. The van der Waals surface area contributed by atoms with Crippen molar-refractivity contribution >= 4 is 8.32 Å². The van der Waals surface area contributed by atoms with Crippen molar-refractivity contribution in [3.8, 4) is 11.4 Å². The summed E-state index contributed by atoms with van der Waals surface area (Å²) < 4.78 is 92.3. The van der Waals surface area contributed by atoms with Crippen molar-refractivity contribution in [2.24, 2.45) is 0 Å². The quantitative estimate of drug-likeness (QED) is 0.217. The summed E-state index contributed by atoms with van der Waals surface area (Å²) in [5.41, 5.74) is -2.67. The molecule has 3 rings (SSSR count). The van der Waals surface area contributed by atoms with Gasteiger partial charge >= 0.3 is 18.2 Å². The van der Waals surface area contributed by atoms with Gasteiger partial charge in [0.2, 0.25) is 0 Å². The fourth-order valence-electron chi connectivity index (χ4n) is 4.63. The molecule has 0 unspecified atom stereocenters. The Morgan fingerprint density at radius 3 is 2.15 bits per heavy atom. The van der Waals surface area contributed by atoms with Crippen LogP contribution in [0.1, 0.15) is 32.4 Å². The summed E-state index contributed by atoms with van der Waals surface area (Å²) >= 11 is 0. The number of aliphatic hydroxyl groups is 1. The molecule has 0 saturated heterocycles. The Labute approximate surface area is 222 Å². The van der Waals surface area contributed by atoms with Crippen LogP contribution in [0.25, 0.3) is 5.69 Å². The minimum Gasteiger partial charge on any atom is -0.428 e. The molecule has 214 valence electrons. The van der Waals surface area contributed by atoms with E-state index in [4.69, 9.17) is 4.43 Å². The summed E-state index contributed by atoms with van der Waals surface area (Å²) in [6.07, 6.45) is -6.20. The van der Waals surface area contributed by atoms with Gasteiger partial charge in [0.05, 0.1) is 11.7 Å². The van der Waals surface area contributed by atoms with Crippen LogP contribution in [0.5, 0.6) is 5.75 Å². The number of hydrogen-bond donors (Lipinski definition) is 1. The van der Waals surface area contributed by atoms with Crippen molar-refractivity contribution in [3.05, 3.63) is 82.5 Å². The Bertz CT molecular complexity index is 1340. The fourth-order valence-corrected chi connectivity index (χ4v) is 7.77. The first-order valence-electron chi connectivity index (χ1n) is 12.1. The van der Waals surface area contributed by atoms with Gasteiger partial charge in [-0.05, 0) is 64.2 Å². The fraction of sp³-hybridized carbons (Fsp3) is 0.423. The number of benzene rings is 2. The minimum atomic E-state index is -4.69. The molecule has 0 aliphatic heterocycles. The summed E-state index contributed by atoms with van der Waals surface area (Å²) in [6, 6.07) is 6.13. The lowest BCUT2D eigenvalue weighted by Gasteiger charge is -2.40. The van der Waals surface area contributed by atoms with E-state index in [9.17, 15) is 31.9 Å². The second-order valence-corrected chi connectivity index (χ2v) is 14.3. The number of aromatic nitrogens is 2. The molecule has 0 radical (unpaired) electrons. The summed E-state index contributed by atoms with van der Waals surface area (Å²) in [4.78, 5) is 13.4. The lowest BCUT2D eigenvalue weighted by molar-refractivity contribution is -0.253. The van der Waals surface area contributed by atoms with Crippen LogP contribution in [0.15, 0.2) is 59.7 Å². The number of rotatable bonds is 11. The van der Waals surface area contributed by atoms with Crippen LogP contribution in [0.2, 0.25) is 19.1 Å². The lowest BCUT2D eigenvalue weighted by Crippen LogP contribution is -2.47. The van der Waals surface area contributed by atoms with Crippen LogP contribution >= 0.6 is 0 Å². The van der Waals surface area contributed by atoms with E-state index in [1.807, 2.05) is 26.9 Å². The van der Waals surface area contributed by atoms with Gasteiger partial charge in [0.25, 0.3) is 0 Å². The number of nitrogens with zero attached hydrogens (tertiary/aromatic N) is 2. The standard InChI is InChI=1S/C26H30F6N2O4Si/c1-16(2)38-39(4,5)15-25(36,21-11-6-18(27)14-22(21)28)17(3)33-12-13-34(24(33)35)19-7-9-20(10-8-19)37-26(31,32)23(29)30/h6-14,16-17,23,36H,15H2,1-5H3/t17-,25+/m1/s1. The van der Waals surface area contributed by atoms with Gasteiger partial charge in [0.1, 0.15) is 23.0 Å². The third-order valence-electron chi connectivity index (χ3n) is 6.18. The Balaban J connectivity index is 2.01. The number of imidazole rings is 1. The van der Waals surface area contributed by atoms with Crippen molar-refractivity contribution in [1.82, 2.24) is 9.13 Å². The van der Waals surface area contributed by atoms with Gasteiger partial charge < -0.3 is 14.3 Å². The highest BCUT2D eigenvalue weighted by atomic mass is 28.4. The minimum absolute atomic E-state index is 0.0378. The number of hydrogen-bond acceptors (Lipinski definition) is 4. The van der Waals surface area contributed by atoms with Crippen molar-refractivity contribution in [1.29, 1.82) is 0 Å². The topological polar surface area (TPSA) is 65.6 Å². The van der Waals surface area contributed by atoms with E-state index in [0.717, 1.165) is 33.4 Å². The van der Waals surface area contributed by atoms with Crippen molar-refractivity contribution in [2.45, 2.75) is 70.2 Å². The normalized spacial score (nSPS) is 15.0. The van der Waals surface area contributed by atoms with Gasteiger partial charge in [-0.2, -0.15) is 17.6 Å². The second kappa shape index (κ2) is 11.2. The van der Waals surface area contributed by atoms with E-state index in [0.29, 0.717) is 6.07 Å². The Morgan fingerprint density at radius 1 is 1.00 bits per heavy atom. The molecule has 0 amide bonds. The van der Waals surface area contributed by atoms with E-state index in [1.54, 1.807) is 0 Å². The SMILES string of the molecule is CC(C)O[Si](C)(C)C[C@@](O)(c1ccc(F)cc1F)[C@@H](C)n1ccn(-c2ccc(OC(F)(F)C(F)F)cc2)c1=O. The second-order valence-electron chi connectivity index (χ2n) is 10.1. The van der Waals surface area contributed by atoms with Crippen LogP contribution in [0, 0.1) is 11.6 Å². The van der Waals surface area contributed by atoms with Gasteiger partial charge in [-0.1, -0.05) is 6.07 Å². The van der Waals surface area contributed by atoms with E-state index in [-0.39, 0.29) is 23.4 Å². The summed E-state index contributed by atoms with van der Waals surface area (Å²) in [5.74, 6) is -2.35. The monoisotopic (exact) mass is 576 g/mol. The van der Waals surface area contributed by atoms with E-state index in [2.05, 4.69) is 4.74 Å². The highest BCUT2D eigenvalue weighted by Crippen LogP contribution is 2.42. The zero-order chi connectivity index (χ0) is 29.3. The lowest BCUT2D eigenvalue weighted by atomic mass is 9.88. The van der Waals surface area contributed by atoms with Gasteiger partial charge in [-0.25, -0.2) is 13.6 Å². The Morgan fingerprint density at radius 2 is 1.62 bits per heavy atom. The molecule has 13 heteroatoms. The maximum Gasteiger partial charge on any atom is 0.461 e. The molecule has 0 fully saturated rings. The largest absolute Gasteiger partial charge is 0.461 e. The van der Waals surface area contributed by atoms with Crippen molar-refractivity contribution in [2.75, 3.05) is 0 Å². The van der Waals surface area contributed by atoms with Crippen LogP contribution in [-0.2, 0) is 10.0 Å². The molecular weight excluding hydrogens is 546 g/mol. The van der Waals surface area contributed by atoms with Crippen molar-refractivity contribution in [3.63, 3.8) is 0 Å². The maximum atomic E-state index is 15.0. The predicted molar refractivity (Wildman–Crippen MR) is 135 cm³/mol. The smallest absolute Gasteiger partial charge is 0.428 e. The highest BCUT2D eigenvalue weighted by Gasteiger charge is 2.46. The van der Waals surface area contributed by atoms with Gasteiger partial charge in [-0.15, -0.1) is 0 Å². The summed E-state index contributed by atoms with van der Waals surface area (Å²) in [5, 5.41) is 12.0. The zero-order valence-corrected chi connectivity index (χ0v) is 23.0. The zero-order valence-electron chi connectivity index (χ0n) is 22.0. The van der Waals surface area contributed by atoms with E-state index in [1.165, 1.54) is 31.5 Å². The Hall–Kier alpha value is -3.03. The first kappa shape index (κ1) is 30.5. The molecular formula is C26H30F6N2O4Si. The molecule has 6 nitrogen and oxygen atoms in total. The first-order chi connectivity index (χ1) is 18.0. The molecule has 0 aliphatic rings. The molecule has 1 heterocycles. The van der Waals surface area contributed by atoms with Crippen LogP contribution in [-0.4, -0.2) is 41.2 Å². The van der Waals surface area contributed by atoms with Crippen LogP contribution in [0.3, 0.4) is 0 Å². The highest BCUT2D eigenvalue weighted by molar-refractivity contribution is 6.71. The third-order valence-corrected chi connectivity index (χ3v) is 8.68. The average molecular weight is 577 g/mol. The average Bonchev–Trinajstić information content (AvgIpc) is 3.18. The Kier molecular flexibility index (Phi) is 8.78. The molecule has 1 aromatic heterocycles. The van der Waals surface area contributed by atoms with E-state index < -0.39 is 55.6 Å². The molecule has 2 aromatic carbocycles. The van der Waals surface area contributed by atoms with Crippen LogP contribution < -0.4 is 10.4 Å². The molecule has 0 bridgehead atoms. The maximum absolute atomic E-state index is 15.0. The number of halogens is 6. The first-order valence-corrected chi connectivity index (χ1v) is 15.2. The van der Waals surface area contributed by atoms with Crippen molar-refractivity contribution < 1.29 is 40.6 Å². The molecule has 0 aliphatic carbocycles. The number of alkyl halides is 4. The molecule has 0 saturated carbocycles. The predicted octanol–water partition coefficient (Wildman–Crippen LogP) is 6.23. The molecule has 3 aromatic rings. The summed E-state index contributed by atoms with van der Waals surface area (Å²) in [6.45, 7) is 8.83. The molecule has 0 spiro atoms. The molecule has 39 heavy (non-hydrogen) atoms.